The summed E-state index contributed by atoms with van der Waals surface area (Å²) in [6.45, 7) is 0.600. The molecule has 4 rings (SSSR count). The van der Waals surface area contributed by atoms with Crippen molar-refractivity contribution in [2.45, 2.75) is 12.8 Å². The maximum atomic E-state index is 12.9. The number of nitrogens with zero attached hydrogens (tertiary/aromatic N) is 1. The molecule has 3 aromatic rings. The molecule has 0 aromatic heterocycles. The molecular weight excluding hydrogens is 532 g/mol. The number of nitrogens with one attached hydrogen (secondary N) is 1. The standard InChI is InChI=1S/C26H21BrN2O3S2/c27-21-13-11-20(12-14-21)24(30)28-29-25(31)23(34-26(29)33)17-19-8-4-10-22(16-19)32-15-5-9-18-6-2-1-3-7-18/h1-4,6-8,10-14,16-17H,5,9,15H2,(H,28,30)/b23-17-. The molecule has 0 radical (unpaired) electrons. The first-order valence-corrected chi connectivity index (χ1v) is 12.6. The Labute approximate surface area is 216 Å². The number of aryl methyl sites for hydroxylation is 1. The maximum Gasteiger partial charge on any atom is 0.285 e. The SMILES string of the molecule is O=C(NN1C(=O)/C(=C/c2cccc(OCCCc3ccccc3)c2)SC1=S)c1ccc(Br)cc1. The number of ether oxygens (including phenoxy) is 1. The third-order valence-corrected chi connectivity index (χ3v) is 6.82. The van der Waals surface area contributed by atoms with Gasteiger partial charge in [0, 0.05) is 10.0 Å². The lowest BCUT2D eigenvalue weighted by Gasteiger charge is -2.15. The molecule has 8 heteroatoms. The molecule has 1 N–H and O–H groups in total. The lowest BCUT2D eigenvalue weighted by Crippen LogP contribution is -2.44. The van der Waals surface area contributed by atoms with Crippen LogP contribution >= 0.6 is 39.9 Å². The molecule has 0 spiro atoms. The van der Waals surface area contributed by atoms with Gasteiger partial charge in [-0.05, 0) is 78.7 Å². The van der Waals surface area contributed by atoms with Gasteiger partial charge in [-0.25, -0.2) is 0 Å². The van der Waals surface area contributed by atoms with Crippen LogP contribution in [0.2, 0.25) is 0 Å². The van der Waals surface area contributed by atoms with Crippen molar-refractivity contribution in [3.05, 3.63) is 105 Å². The topological polar surface area (TPSA) is 58.6 Å². The van der Waals surface area contributed by atoms with Crippen molar-refractivity contribution in [1.82, 2.24) is 10.4 Å². The van der Waals surface area contributed by atoms with Crippen LogP contribution in [0, 0.1) is 0 Å². The van der Waals surface area contributed by atoms with Crippen molar-refractivity contribution >= 4 is 62.1 Å². The number of thiocarbonyl (C=S) groups is 1. The monoisotopic (exact) mass is 552 g/mol. The molecule has 34 heavy (non-hydrogen) atoms. The molecule has 3 aromatic carbocycles. The number of halogens is 1. The summed E-state index contributed by atoms with van der Waals surface area (Å²) in [4.78, 5) is 25.8. The van der Waals surface area contributed by atoms with E-state index in [0.29, 0.717) is 17.1 Å². The fourth-order valence-corrected chi connectivity index (χ4v) is 4.73. The van der Waals surface area contributed by atoms with E-state index in [4.69, 9.17) is 17.0 Å². The molecule has 2 amide bonds. The van der Waals surface area contributed by atoms with Gasteiger partial charge in [-0.3, -0.25) is 15.0 Å². The zero-order valence-electron chi connectivity index (χ0n) is 18.1. The number of hydrogen-bond acceptors (Lipinski definition) is 5. The maximum absolute atomic E-state index is 12.9. The van der Waals surface area contributed by atoms with E-state index >= 15 is 0 Å². The summed E-state index contributed by atoms with van der Waals surface area (Å²) in [6.07, 6.45) is 3.61. The summed E-state index contributed by atoms with van der Waals surface area (Å²) in [5.41, 5.74) is 5.13. The van der Waals surface area contributed by atoms with E-state index in [1.807, 2.05) is 42.5 Å². The number of thioether (sulfide) groups is 1. The lowest BCUT2D eigenvalue weighted by molar-refractivity contribution is -0.123. The van der Waals surface area contributed by atoms with Gasteiger partial charge < -0.3 is 4.74 Å². The molecular formula is C26H21BrN2O3S2. The molecule has 1 aliphatic rings. The van der Waals surface area contributed by atoms with Crippen molar-refractivity contribution < 1.29 is 14.3 Å². The highest BCUT2D eigenvalue weighted by atomic mass is 79.9. The fraction of sp³-hybridized carbons (Fsp3) is 0.115. The Balaban J connectivity index is 1.36. The third-order valence-electron chi connectivity index (χ3n) is 4.99. The van der Waals surface area contributed by atoms with Crippen LogP contribution in [0.4, 0.5) is 0 Å². The van der Waals surface area contributed by atoms with Crippen molar-refractivity contribution in [3.8, 4) is 5.75 Å². The van der Waals surface area contributed by atoms with Gasteiger partial charge in [0.2, 0.25) is 0 Å². The number of rotatable bonds is 8. The average Bonchev–Trinajstić information content (AvgIpc) is 3.10. The highest BCUT2D eigenvalue weighted by Crippen LogP contribution is 2.32. The minimum absolute atomic E-state index is 0.273. The summed E-state index contributed by atoms with van der Waals surface area (Å²) in [5.74, 6) is -0.0357. The highest BCUT2D eigenvalue weighted by molar-refractivity contribution is 9.10. The van der Waals surface area contributed by atoms with Crippen molar-refractivity contribution in [3.63, 3.8) is 0 Å². The molecule has 172 valence electrons. The second kappa shape index (κ2) is 11.5. The highest BCUT2D eigenvalue weighted by Gasteiger charge is 2.33. The van der Waals surface area contributed by atoms with Gasteiger partial charge in [-0.15, -0.1) is 0 Å². The number of hydrogen-bond donors (Lipinski definition) is 1. The molecule has 5 nitrogen and oxygen atoms in total. The minimum Gasteiger partial charge on any atom is -0.494 e. The van der Waals surface area contributed by atoms with Crippen molar-refractivity contribution in [1.29, 1.82) is 0 Å². The van der Waals surface area contributed by atoms with Gasteiger partial charge in [0.05, 0.1) is 11.5 Å². The molecule has 0 saturated carbocycles. The summed E-state index contributed by atoms with van der Waals surface area (Å²) in [7, 11) is 0. The first kappa shape index (κ1) is 24.2. The van der Waals surface area contributed by atoms with Crippen LogP contribution in [-0.2, 0) is 11.2 Å². The largest absolute Gasteiger partial charge is 0.494 e. The van der Waals surface area contributed by atoms with Crippen LogP contribution in [-0.4, -0.2) is 27.8 Å². The second-order valence-corrected chi connectivity index (χ2v) is 10.1. The molecule has 0 aliphatic carbocycles. The second-order valence-electron chi connectivity index (χ2n) is 7.48. The minimum atomic E-state index is -0.407. The lowest BCUT2D eigenvalue weighted by atomic mass is 10.1. The molecule has 1 fully saturated rings. The van der Waals surface area contributed by atoms with Gasteiger partial charge in [0.25, 0.3) is 11.8 Å². The van der Waals surface area contributed by atoms with Gasteiger partial charge in [-0.1, -0.05) is 70.2 Å². The van der Waals surface area contributed by atoms with E-state index in [1.54, 1.807) is 30.3 Å². The van der Waals surface area contributed by atoms with E-state index in [9.17, 15) is 9.59 Å². The zero-order valence-corrected chi connectivity index (χ0v) is 21.3. The molecule has 0 bridgehead atoms. The number of carbonyl (C=O) groups is 2. The normalized spacial score (nSPS) is 14.5. The van der Waals surface area contributed by atoms with Gasteiger partial charge >= 0.3 is 0 Å². The summed E-state index contributed by atoms with van der Waals surface area (Å²) in [5, 5.41) is 1.11. The van der Waals surface area contributed by atoms with Gasteiger partial charge in [0.1, 0.15) is 5.75 Å². The summed E-state index contributed by atoms with van der Waals surface area (Å²) in [6, 6.07) is 24.7. The van der Waals surface area contributed by atoms with Crippen molar-refractivity contribution in [2.24, 2.45) is 0 Å². The van der Waals surface area contributed by atoms with Gasteiger partial charge in [-0.2, -0.15) is 5.01 Å². The zero-order chi connectivity index (χ0) is 23.9. The van der Waals surface area contributed by atoms with Crippen molar-refractivity contribution in [2.75, 3.05) is 6.61 Å². The van der Waals surface area contributed by atoms with Crippen LogP contribution in [0.5, 0.6) is 5.75 Å². The number of amides is 2. The van der Waals surface area contributed by atoms with Crippen LogP contribution < -0.4 is 10.2 Å². The summed E-state index contributed by atoms with van der Waals surface area (Å²) >= 11 is 9.80. The molecule has 0 atom stereocenters. The molecule has 1 heterocycles. The Morgan fingerprint density at radius 3 is 2.59 bits per heavy atom. The quantitative estimate of drug-likeness (QED) is 0.211. The van der Waals surface area contributed by atoms with E-state index in [0.717, 1.165) is 45.4 Å². The molecule has 1 aliphatic heterocycles. The number of hydrazine groups is 1. The Bertz CT molecular complexity index is 1230. The third kappa shape index (κ3) is 6.34. The van der Waals surface area contributed by atoms with Crippen LogP contribution in [0.15, 0.2) is 88.2 Å². The average molecular weight is 554 g/mol. The first-order valence-electron chi connectivity index (χ1n) is 10.6. The van der Waals surface area contributed by atoms with Crippen LogP contribution in [0.25, 0.3) is 6.08 Å². The van der Waals surface area contributed by atoms with Gasteiger partial charge in [0.15, 0.2) is 4.32 Å². The first-order chi connectivity index (χ1) is 16.5. The number of carbonyl (C=O) groups excluding carboxylic acids is 2. The molecule has 1 saturated heterocycles. The Morgan fingerprint density at radius 1 is 1.06 bits per heavy atom. The predicted octanol–water partition coefficient (Wildman–Crippen LogP) is 6.01. The van der Waals surface area contributed by atoms with E-state index < -0.39 is 5.91 Å². The Kier molecular flexibility index (Phi) is 8.16. The van der Waals surface area contributed by atoms with E-state index in [1.165, 1.54) is 5.56 Å². The van der Waals surface area contributed by atoms with Crippen LogP contribution in [0.1, 0.15) is 27.9 Å². The summed E-state index contributed by atoms with van der Waals surface area (Å²) < 4.78 is 7.03. The predicted molar refractivity (Wildman–Crippen MR) is 143 cm³/mol. The number of benzene rings is 3. The molecule has 0 unspecified atom stereocenters. The Hall–Kier alpha value is -2.94. The van der Waals surface area contributed by atoms with E-state index in [-0.39, 0.29) is 10.2 Å². The smallest absolute Gasteiger partial charge is 0.285 e. The van der Waals surface area contributed by atoms with Crippen LogP contribution in [0.3, 0.4) is 0 Å². The Morgan fingerprint density at radius 2 is 1.82 bits per heavy atom. The van der Waals surface area contributed by atoms with E-state index in [2.05, 4.69) is 33.5 Å². The fourth-order valence-electron chi connectivity index (χ4n) is 3.29.